The van der Waals surface area contributed by atoms with Crippen molar-refractivity contribution in [2.45, 2.75) is 30.7 Å². The molecule has 2 heterocycles. The fourth-order valence-corrected chi connectivity index (χ4v) is 1.37. The fraction of sp³-hybridized carbons (Fsp3) is 1.00. The molecule has 0 saturated carbocycles. The van der Waals surface area contributed by atoms with Crippen LogP contribution in [0.4, 0.5) is 0 Å². The first-order chi connectivity index (χ1) is 5.20. The van der Waals surface area contributed by atoms with Crippen LogP contribution in [0.3, 0.4) is 0 Å². The first kappa shape index (κ1) is 7.45. The summed E-state index contributed by atoms with van der Waals surface area (Å²) in [4.78, 5) is 0. The predicted molar refractivity (Wildman–Crippen MR) is 30.4 cm³/mol. The van der Waals surface area contributed by atoms with Crippen molar-refractivity contribution in [2.24, 2.45) is 0 Å². The van der Waals surface area contributed by atoms with Gasteiger partial charge in [0, 0.05) is 0 Å². The Labute approximate surface area is 63.2 Å². The highest BCUT2D eigenvalue weighted by Gasteiger charge is 2.44. The van der Waals surface area contributed by atoms with Gasteiger partial charge in [-0.05, 0) is 0 Å². The van der Waals surface area contributed by atoms with Crippen molar-refractivity contribution in [1.29, 1.82) is 0 Å². The highest BCUT2D eigenvalue weighted by Crippen LogP contribution is 2.26. The molecule has 2 saturated heterocycles. The van der Waals surface area contributed by atoms with E-state index in [1.165, 1.54) is 0 Å². The molecule has 0 aromatic heterocycles. The Bertz CT molecular complexity index is 141. The summed E-state index contributed by atoms with van der Waals surface area (Å²) in [6.45, 7) is 0.196. The lowest BCUT2D eigenvalue weighted by Gasteiger charge is -2.39. The molecule has 2 fully saturated rings. The van der Waals surface area contributed by atoms with Crippen LogP contribution in [0.15, 0.2) is 0 Å². The van der Waals surface area contributed by atoms with E-state index in [0.29, 0.717) is 0 Å². The molecule has 0 radical (unpaired) electrons. The van der Waals surface area contributed by atoms with Crippen LogP contribution in [0, 0.1) is 0 Å². The minimum Gasteiger partial charge on any atom is -0.848 e. The van der Waals surface area contributed by atoms with E-state index >= 15 is 0 Å². The van der Waals surface area contributed by atoms with Gasteiger partial charge in [0.25, 0.3) is 0 Å². The Balaban J connectivity index is 2.16. The molecule has 0 amide bonds. The molecule has 11 heavy (non-hydrogen) atoms. The van der Waals surface area contributed by atoms with E-state index < -0.39 is 30.7 Å². The zero-order valence-electron chi connectivity index (χ0n) is 5.71. The second-order valence-corrected chi connectivity index (χ2v) is 2.82. The molecule has 0 aromatic rings. The molecule has 2 aliphatic rings. The first-order valence-electron chi connectivity index (χ1n) is 3.49. The maximum Gasteiger partial charge on any atom is 0.183 e. The Hall–Kier alpha value is -0.200. The van der Waals surface area contributed by atoms with Crippen molar-refractivity contribution in [3.05, 3.63) is 0 Å². The number of hydrogen-bond acceptors (Lipinski definition) is 5. The summed E-state index contributed by atoms with van der Waals surface area (Å²) in [5.74, 6) is 0. The molecule has 2 rings (SSSR count). The topological polar surface area (TPSA) is 82.0 Å². The SMILES string of the molecule is [O-][C@@H]1[C@@H](O)[C@@H]2OC[C@@H](O2)[C@H]1O. The predicted octanol–water partition coefficient (Wildman–Crippen LogP) is -2.81. The molecule has 5 heteroatoms. The Morgan fingerprint density at radius 2 is 2.00 bits per heavy atom. The largest absolute Gasteiger partial charge is 0.848 e. The van der Waals surface area contributed by atoms with E-state index in [2.05, 4.69) is 0 Å². The third-order valence-corrected chi connectivity index (χ3v) is 2.07. The zero-order valence-corrected chi connectivity index (χ0v) is 5.71. The second-order valence-electron chi connectivity index (χ2n) is 2.82. The van der Waals surface area contributed by atoms with Crippen molar-refractivity contribution in [2.75, 3.05) is 6.61 Å². The van der Waals surface area contributed by atoms with Crippen molar-refractivity contribution in [3.8, 4) is 0 Å². The highest BCUT2D eigenvalue weighted by molar-refractivity contribution is 4.91. The van der Waals surface area contributed by atoms with E-state index in [1.54, 1.807) is 0 Å². The number of hydrogen-bond donors (Lipinski definition) is 2. The summed E-state index contributed by atoms with van der Waals surface area (Å²) in [6.07, 6.45) is -5.18. The molecule has 2 aliphatic heterocycles. The second kappa shape index (κ2) is 2.40. The van der Waals surface area contributed by atoms with E-state index in [1.807, 2.05) is 0 Å². The maximum atomic E-state index is 11.0. The molecule has 2 N–H and O–H groups in total. The van der Waals surface area contributed by atoms with Gasteiger partial charge in [-0.25, -0.2) is 0 Å². The molecule has 2 bridgehead atoms. The number of fused-ring (bicyclic) bond motifs is 2. The van der Waals surface area contributed by atoms with E-state index in [-0.39, 0.29) is 6.61 Å². The number of aliphatic hydroxyl groups excluding tert-OH is 2. The average Bonchev–Trinajstić information content (AvgIpc) is 2.44. The van der Waals surface area contributed by atoms with Crippen LogP contribution >= 0.6 is 0 Å². The van der Waals surface area contributed by atoms with Gasteiger partial charge in [-0.15, -0.1) is 0 Å². The van der Waals surface area contributed by atoms with Gasteiger partial charge in [-0.2, -0.15) is 0 Å². The van der Waals surface area contributed by atoms with Crippen LogP contribution in [0.5, 0.6) is 0 Å². The van der Waals surface area contributed by atoms with Crippen LogP contribution in [0.25, 0.3) is 0 Å². The van der Waals surface area contributed by atoms with Crippen molar-refractivity contribution in [1.82, 2.24) is 0 Å². The average molecular weight is 161 g/mol. The van der Waals surface area contributed by atoms with Gasteiger partial charge in [0.2, 0.25) is 0 Å². The Morgan fingerprint density at radius 1 is 1.27 bits per heavy atom. The van der Waals surface area contributed by atoms with Crippen molar-refractivity contribution in [3.63, 3.8) is 0 Å². The minimum absolute atomic E-state index is 0.196. The maximum absolute atomic E-state index is 11.0. The van der Waals surface area contributed by atoms with Crippen molar-refractivity contribution >= 4 is 0 Å². The minimum atomic E-state index is -1.40. The van der Waals surface area contributed by atoms with Gasteiger partial charge >= 0.3 is 0 Å². The molecular formula is C6H9O5-. The Morgan fingerprint density at radius 3 is 2.73 bits per heavy atom. The highest BCUT2D eigenvalue weighted by atomic mass is 16.7. The van der Waals surface area contributed by atoms with Crippen LogP contribution in [-0.4, -0.2) is 47.5 Å². The molecule has 5 nitrogen and oxygen atoms in total. The summed E-state index contributed by atoms with van der Waals surface area (Å²) in [6, 6.07) is 0. The molecular weight excluding hydrogens is 152 g/mol. The Kier molecular flexibility index (Phi) is 1.62. The standard InChI is InChI=1S/C6H9O5/c7-3-2-1-10-6(11-2)5(9)4(3)8/h2-7,9H,1H2/q-1/t2-,3-,4+,5-,6-/m1/s1. The normalized spacial score (nSPS) is 56.5. The van der Waals surface area contributed by atoms with Gasteiger partial charge in [0.15, 0.2) is 6.29 Å². The van der Waals surface area contributed by atoms with Gasteiger partial charge in [0.1, 0.15) is 6.10 Å². The summed E-state index contributed by atoms with van der Waals surface area (Å²) < 4.78 is 9.87. The molecule has 0 spiro atoms. The van der Waals surface area contributed by atoms with Crippen molar-refractivity contribution < 1.29 is 24.8 Å². The zero-order chi connectivity index (χ0) is 8.01. The summed E-state index contributed by atoms with van der Waals surface area (Å²) >= 11 is 0. The van der Waals surface area contributed by atoms with E-state index in [9.17, 15) is 5.11 Å². The number of ether oxygens (including phenoxy) is 2. The van der Waals surface area contributed by atoms with E-state index in [4.69, 9.17) is 19.7 Å². The van der Waals surface area contributed by atoms with Gasteiger partial charge in [0.05, 0.1) is 18.8 Å². The lowest BCUT2D eigenvalue weighted by atomic mass is 10.0. The molecule has 5 atom stereocenters. The van der Waals surface area contributed by atoms with Crippen LogP contribution in [-0.2, 0) is 9.47 Å². The summed E-state index contributed by atoms with van der Waals surface area (Å²) in [5.41, 5.74) is 0. The third-order valence-electron chi connectivity index (χ3n) is 2.07. The summed E-state index contributed by atoms with van der Waals surface area (Å²) in [7, 11) is 0. The lowest BCUT2D eigenvalue weighted by Crippen LogP contribution is -2.59. The van der Waals surface area contributed by atoms with Crippen LogP contribution in [0.2, 0.25) is 0 Å². The van der Waals surface area contributed by atoms with Gasteiger partial charge in [-0.3, -0.25) is 0 Å². The van der Waals surface area contributed by atoms with Crippen LogP contribution < -0.4 is 5.11 Å². The number of aliphatic hydroxyl groups is 2. The smallest absolute Gasteiger partial charge is 0.183 e. The molecule has 64 valence electrons. The van der Waals surface area contributed by atoms with Gasteiger partial charge < -0.3 is 24.8 Å². The number of rotatable bonds is 0. The lowest BCUT2D eigenvalue weighted by molar-refractivity contribution is -0.476. The summed E-state index contributed by atoms with van der Waals surface area (Å²) in [5, 5.41) is 29.3. The quantitative estimate of drug-likeness (QED) is 0.401. The molecule has 0 unspecified atom stereocenters. The molecule has 0 aromatic carbocycles. The van der Waals surface area contributed by atoms with Crippen LogP contribution in [0.1, 0.15) is 0 Å². The van der Waals surface area contributed by atoms with Gasteiger partial charge in [-0.1, -0.05) is 6.10 Å². The third kappa shape index (κ3) is 0.969. The molecule has 0 aliphatic carbocycles. The van der Waals surface area contributed by atoms with E-state index in [0.717, 1.165) is 0 Å². The first-order valence-corrected chi connectivity index (χ1v) is 3.49. The monoisotopic (exact) mass is 161 g/mol. The fourth-order valence-electron chi connectivity index (χ4n) is 1.37.